The summed E-state index contributed by atoms with van der Waals surface area (Å²) in [6.07, 6.45) is 3.63. The number of pyridine rings is 1. The number of rotatable bonds is 1. The van der Waals surface area contributed by atoms with Crippen LogP contribution in [-0.4, -0.2) is 14.5 Å². The number of hydrogen-bond donors (Lipinski definition) is 0. The molecule has 0 aliphatic heterocycles. The molecule has 3 aromatic rings. The van der Waals surface area contributed by atoms with Crippen LogP contribution in [0.25, 0.3) is 21.6 Å². The Morgan fingerprint density at radius 1 is 1.27 bits per heavy atom. The van der Waals surface area contributed by atoms with Crippen LogP contribution in [0.4, 0.5) is 0 Å². The van der Waals surface area contributed by atoms with Crippen LogP contribution in [0.15, 0.2) is 36.1 Å². The highest BCUT2D eigenvalue weighted by molar-refractivity contribution is 7.13. The molecule has 3 aromatic heterocycles. The zero-order chi connectivity index (χ0) is 10.3. The SMILES string of the molecule is Cn1cnc2c(-c3cccs3)ccnc21. The molecule has 74 valence electrons. The van der Waals surface area contributed by atoms with E-state index in [9.17, 15) is 0 Å². The van der Waals surface area contributed by atoms with E-state index in [0.29, 0.717) is 0 Å². The van der Waals surface area contributed by atoms with Crippen molar-refractivity contribution < 1.29 is 0 Å². The van der Waals surface area contributed by atoms with Crippen LogP contribution < -0.4 is 0 Å². The lowest BCUT2D eigenvalue weighted by atomic mass is 10.2. The van der Waals surface area contributed by atoms with E-state index in [-0.39, 0.29) is 0 Å². The maximum absolute atomic E-state index is 4.38. The van der Waals surface area contributed by atoms with E-state index >= 15 is 0 Å². The van der Waals surface area contributed by atoms with Gasteiger partial charge in [0, 0.05) is 23.7 Å². The molecular weight excluding hydrogens is 206 g/mol. The van der Waals surface area contributed by atoms with Crippen molar-refractivity contribution in [3.8, 4) is 10.4 Å². The van der Waals surface area contributed by atoms with Gasteiger partial charge in [-0.3, -0.25) is 0 Å². The first-order valence-corrected chi connectivity index (χ1v) is 5.54. The zero-order valence-corrected chi connectivity index (χ0v) is 9.03. The van der Waals surface area contributed by atoms with Gasteiger partial charge in [0.25, 0.3) is 0 Å². The van der Waals surface area contributed by atoms with Crippen molar-refractivity contribution in [3.63, 3.8) is 0 Å². The van der Waals surface area contributed by atoms with Crippen molar-refractivity contribution in [1.29, 1.82) is 0 Å². The maximum Gasteiger partial charge on any atom is 0.160 e. The predicted octanol–water partition coefficient (Wildman–Crippen LogP) is 2.70. The van der Waals surface area contributed by atoms with Crippen LogP contribution in [0, 0.1) is 0 Å². The van der Waals surface area contributed by atoms with Gasteiger partial charge >= 0.3 is 0 Å². The Morgan fingerprint density at radius 2 is 2.20 bits per heavy atom. The average molecular weight is 215 g/mol. The first-order valence-electron chi connectivity index (χ1n) is 4.66. The molecule has 0 fully saturated rings. The van der Waals surface area contributed by atoms with Gasteiger partial charge in [-0.25, -0.2) is 9.97 Å². The van der Waals surface area contributed by atoms with Gasteiger partial charge in [0.05, 0.1) is 6.33 Å². The van der Waals surface area contributed by atoms with Crippen molar-refractivity contribution in [2.45, 2.75) is 0 Å². The van der Waals surface area contributed by atoms with Gasteiger partial charge < -0.3 is 4.57 Å². The standard InChI is InChI=1S/C11H9N3S/c1-14-7-13-10-8(4-5-12-11(10)14)9-3-2-6-15-9/h2-7H,1H3. The molecule has 0 radical (unpaired) electrons. The molecule has 3 nitrogen and oxygen atoms in total. The van der Waals surface area contributed by atoms with Crippen LogP contribution in [-0.2, 0) is 7.05 Å². The highest BCUT2D eigenvalue weighted by Crippen LogP contribution is 2.29. The third-order valence-corrected chi connectivity index (χ3v) is 3.29. The van der Waals surface area contributed by atoms with Crippen LogP contribution in [0.5, 0.6) is 0 Å². The molecule has 0 atom stereocenters. The van der Waals surface area contributed by atoms with Crippen molar-refractivity contribution in [2.24, 2.45) is 7.05 Å². The molecule has 15 heavy (non-hydrogen) atoms. The minimum absolute atomic E-state index is 0.931. The summed E-state index contributed by atoms with van der Waals surface area (Å²) in [6.45, 7) is 0. The van der Waals surface area contributed by atoms with E-state index in [4.69, 9.17) is 0 Å². The molecule has 0 spiro atoms. The summed E-state index contributed by atoms with van der Waals surface area (Å²) in [5.74, 6) is 0. The van der Waals surface area contributed by atoms with Crippen LogP contribution in [0.1, 0.15) is 0 Å². The van der Waals surface area contributed by atoms with Gasteiger partial charge in [-0.1, -0.05) is 6.07 Å². The van der Waals surface area contributed by atoms with Gasteiger partial charge in [0.1, 0.15) is 5.52 Å². The van der Waals surface area contributed by atoms with Crippen molar-refractivity contribution in [1.82, 2.24) is 14.5 Å². The molecule has 0 saturated heterocycles. The fourth-order valence-electron chi connectivity index (χ4n) is 1.66. The number of thiophene rings is 1. The quantitative estimate of drug-likeness (QED) is 0.625. The van der Waals surface area contributed by atoms with E-state index in [1.807, 2.05) is 23.9 Å². The Kier molecular flexibility index (Phi) is 1.82. The molecular formula is C11H9N3S. The highest BCUT2D eigenvalue weighted by Gasteiger charge is 2.08. The third-order valence-electron chi connectivity index (χ3n) is 2.39. The summed E-state index contributed by atoms with van der Waals surface area (Å²) in [5, 5.41) is 2.07. The molecule has 0 aromatic carbocycles. The normalized spacial score (nSPS) is 11.0. The Labute approximate surface area is 91.0 Å². The lowest BCUT2D eigenvalue weighted by molar-refractivity contribution is 0.931. The van der Waals surface area contributed by atoms with E-state index in [1.54, 1.807) is 17.7 Å². The Bertz CT molecular complexity index is 595. The molecule has 0 unspecified atom stereocenters. The molecule has 3 rings (SSSR count). The van der Waals surface area contributed by atoms with Gasteiger partial charge in [-0.2, -0.15) is 0 Å². The monoisotopic (exact) mass is 215 g/mol. The smallest absolute Gasteiger partial charge is 0.160 e. The molecule has 0 bridgehead atoms. The maximum atomic E-state index is 4.38. The Morgan fingerprint density at radius 3 is 3.00 bits per heavy atom. The van der Waals surface area contributed by atoms with Crippen LogP contribution in [0.3, 0.4) is 0 Å². The van der Waals surface area contributed by atoms with Gasteiger partial charge in [-0.15, -0.1) is 11.3 Å². The largest absolute Gasteiger partial charge is 0.318 e. The minimum atomic E-state index is 0.931. The van der Waals surface area contributed by atoms with Crippen LogP contribution in [0.2, 0.25) is 0 Å². The van der Waals surface area contributed by atoms with Crippen molar-refractivity contribution in [2.75, 3.05) is 0 Å². The van der Waals surface area contributed by atoms with E-state index < -0.39 is 0 Å². The molecule has 0 aliphatic rings. The number of aromatic nitrogens is 3. The summed E-state index contributed by atoms with van der Waals surface area (Å²) in [7, 11) is 1.96. The number of fused-ring (bicyclic) bond motifs is 1. The molecule has 0 N–H and O–H groups in total. The lowest BCUT2D eigenvalue weighted by Crippen LogP contribution is -1.87. The second-order valence-electron chi connectivity index (χ2n) is 3.36. The van der Waals surface area contributed by atoms with E-state index in [0.717, 1.165) is 16.7 Å². The highest BCUT2D eigenvalue weighted by atomic mass is 32.1. The first kappa shape index (κ1) is 8.61. The fourth-order valence-corrected chi connectivity index (χ4v) is 2.41. The first-order chi connectivity index (χ1) is 7.36. The average Bonchev–Trinajstić information content (AvgIpc) is 2.88. The Hall–Kier alpha value is -1.68. The van der Waals surface area contributed by atoms with Crippen LogP contribution >= 0.6 is 11.3 Å². The molecule has 0 aliphatic carbocycles. The molecule has 3 heterocycles. The summed E-state index contributed by atoms with van der Waals surface area (Å²) in [4.78, 5) is 9.93. The zero-order valence-electron chi connectivity index (χ0n) is 8.21. The van der Waals surface area contributed by atoms with Gasteiger partial charge in [0.2, 0.25) is 0 Å². The summed E-state index contributed by atoms with van der Waals surface area (Å²) in [5.41, 5.74) is 3.07. The summed E-state index contributed by atoms with van der Waals surface area (Å²) in [6, 6.07) is 6.17. The second-order valence-corrected chi connectivity index (χ2v) is 4.31. The topological polar surface area (TPSA) is 30.7 Å². The second kappa shape index (κ2) is 3.17. The minimum Gasteiger partial charge on any atom is -0.318 e. The van der Waals surface area contributed by atoms with E-state index in [2.05, 4.69) is 27.5 Å². The van der Waals surface area contributed by atoms with Gasteiger partial charge in [-0.05, 0) is 17.5 Å². The Balaban J connectivity index is 2.36. The molecule has 4 heteroatoms. The van der Waals surface area contributed by atoms with Crippen molar-refractivity contribution >= 4 is 22.5 Å². The van der Waals surface area contributed by atoms with Gasteiger partial charge in [0.15, 0.2) is 5.65 Å². The summed E-state index contributed by atoms with van der Waals surface area (Å²) < 4.78 is 1.94. The molecule has 0 saturated carbocycles. The molecule has 0 amide bonds. The number of hydrogen-bond acceptors (Lipinski definition) is 3. The number of nitrogens with zero attached hydrogens (tertiary/aromatic N) is 3. The lowest BCUT2D eigenvalue weighted by Gasteiger charge is -1.98. The third kappa shape index (κ3) is 1.26. The number of aryl methyl sites for hydroxylation is 1. The predicted molar refractivity (Wildman–Crippen MR) is 61.8 cm³/mol. The number of imidazole rings is 1. The summed E-state index contributed by atoms with van der Waals surface area (Å²) >= 11 is 1.72. The van der Waals surface area contributed by atoms with E-state index in [1.165, 1.54) is 4.88 Å². The fraction of sp³-hybridized carbons (Fsp3) is 0.0909. The van der Waals surface area contributed by atoms with Crippen molar-refractivity contribution in [3.05, 3.63) is 36.1 Å².